The quantitative estimate of drug-likeness (QED) is 0.480. The fourth-order valence-corrected chi connectivity index (χ4v) is 3.55. The number of aliphatic hydroxyl groups is 1. The Morgan fingerprint density at radius 2 is 1.61 bits per heavy atom. The van der Waals surface area contributed by atoms with Gasteiger partial charge in [-0.3, -0.25) is 9.59 Å². The average Bonchev–Trinajstić information content (AvgIpc) is 2.65. The minimum absolute atomic E-state index is 0.0793. The zero-order valence-electron chi connectivity index (χ0n) is 15.7. The lowest BCUT2D eigenvalue weighted by atomic mass is 9.81. The van der Waals surface area contributed by atoms with Gasteiger partial charge in [0.25, 0.3) is 0 Å². The van der Waals surface area contributed by atoms with Gasteiger partial charge in [-0.05, 0) is 18.6 Å². The molecule has 7 nitrogen and oxygen atoms in total. The highest BCUT2D eigenvalue weighted by Crippen LogP contribution is 2.45. The van der Waals surface area contributed by atoms with Crippen LogP contribution in [-0.4, -0.2) is 39.1 Å². The molecule has 4 N–H and O–H groups in total. The molecule has 0 aliphatic heterocycles. The maximum atomic E-state index is 13.0. The zero-order valence-corrected chi connectivity index (χ0v) is 15.7. The van der Waals surface area contributed by atoms with E-state index in [0.29, 0.717) is 6.42 Å². The van der Waals surface area contributed by atoms with Crippen LogP contribution < -0.4 is 4.74 Å². The van der Waals surface area contributed by atoms with Gasteiger partial charge in [-0.2, -0.15) is 0 Å². The predicted molar refractivity (Wildman–Crippen MR) is 100 cm³/mol. The number of fused-ring (bicyclic) bond motifs is 2. The van der Waals surface area contributed by atoms with Crippen LogP contribution in [0.1, 0.15) is 76.1 Å². The first-order valence-electron chi connectivity index (χ1n) is 9.09. The number of aromatic hydroxyl groups is 3. The molecule has 2 aromatic rings. The number of methoxy groups -OCH3 is 1. The Kier molecular flexibility index (Phi) is 5.29. The van der Waals surface area contributed by atoms with E-state index in [1.54, 1.807) is 0 Å². The summed E-state index contributed by atoms with van der Waals surface area (Å²) < 4.78 is 5.02. The van der Waals surface area contributed by atoms with E-state index in [2.05, 4.69) is 0 Å². The summed E-state index contributed by atoms with van der Waals surface area (Å²) in [6, 6.07) is 3.60. The fraction of sp³-hybridized carbons (Fsp3) is 0.333. The largest absolute Gasteiger partial charge is 0.507 e. The van der Waals surface area contributed by atoms with Crippen LogP contribution in [0.2, 0.25) is 0 Å². The molecule has 0 bridgehead atoms. The normalized spacial score (nSPS) is 13.8. The maximum Gasteiger partial charge on any atom is 0.201 e. The Labute approximate surface area is 161 Å². The van der Waals surface area contributed by atoms with Gasteiger partial charge < -0.3 is 25.2 Å². The maximum absolute atomic E-state index is 13.0. The third-order valence-electron chi connectivity index (χ3n) is 5.00. The van der Waals surface area contributed by atoms with Crippen molar-refractivity contribution in [3.05, 3.63) is 46.0 Å². The highest BCUT2D eigenvalue weighted by Gasteiger charge is 2.37. The predicted octanol–water partition coefficient (Wildman–Crippen LogP) is 3.20. The van der Waals surface area contributed by atoms with Crippen LogP contribution in [0.5, 0.6) is 23.0 Å². The molecule has 0 unspecified atom stereocenters. The van der Waals surface area contributed by atoms with Crippen molar-refractivity contribution >= 4 is 11.6 Å². The molecule has 0 saturated heterocycles. The van der Waals surface area contributed by atoms with Gasteiger partial charge in [-0.1, -0.05) is 26.2 Å². The summed E-state index contributed by atoms with van der Waals surface area (Å²) >= 11 is 0. The number of rotatable bonds is 6. The lowest BCUT2D eigenvalue weighted by Gasteiger charge is -2.23. The molecule has 0 fully saturated rings. The lowest BCUT2D eigenvalue weighted by molar-refractivity contribution is 0.0971. The number of benzene rings is 2. The molecule has 0 amide bonds. The van der Waals surface area contributed by atoms with Crippen LogP contribution in [0.3, 0.4) is 0 Å². The van der Waals surface area contributed by atoms with Gasteiger partial charge in [-0.15, -0.1) is 0 Å². The molecule has 0 radical (unpaired) electrons. The third kappa shape index (κ3) is 3.07. The number of carbonyl (C=O) groups excluding carboxylic acids is 2. The SMILES string of the molecule is CCCCC[C@H](O)c1c(O)cc2c(c1O)C(=O)c1c(O)cc(OC)cc1C2=O. The van der Waals surface area contributed by atoms with Crippen LogP contribution in [0, 0.1) is 0 Å². The Morgan fingerprint density at radius 1 is 0.929 bits per heavy atom. The van der Waals surface area contributed by atoms with Crippen molar-refractivity contribution in [2.45, 2.75) is 38.7 Å². The molecule has 3 rings (SSSR count). The van der Waals surface area contributed by atoms with Crippen molar-refractivity contribution in [3.63, 3.8) is 0 Å². The monoisotopic (exact) mass is 386 g/mol. The number of ether oxygens (including phenoxy) is 1. The summed E-state index contributed by atoms with van der Waals surface area (Å²) in [5.41, 5.74) is -1.03. The smallest absolute Gasteiger partial charge is 0.201 e. The molecule has 0 heterocycles. The Morgan fingerprint density at radius 3 is 2.25 bits per heavy atom. The van der Waals surface area contributed by atoms with E-state index >= 15 is 0 Å². The Hall–Kier alpha value is -3.06. The van der Waals surface area contributed by atoms with Crippen LogP contribution in [0.25, 0.3) is 0 Å². The minimum Gasteiger partial charge on any atom is -0.507 e. The van der Waals surface area contributed by atoms with Crippen LogP contribution in [0.15, 0.2) is 18.2 Å². The molecule has 2 aromatic carbocycles. The molecular formula is C21H22O7. The number of phenolic OH excluding ortho intramolecular Hbond substituents is 3. The van der Waals surface area contributed by atoms with E-state index in [-0.39, 0.29) is 40.0 Å². The van der Waals surface area contributed by atoms with Gasteiger partial charge in [0.05, 0.1) is 29.9 Å². The third-order valence-corrected chi connectivity index (χ3v) is 5.00. The fourth-order valence-electron chi connectivity index (χ4n) is 3.55. The molecule has 0 spiro atoms. The molecule has 7 heteroatoms. The zero-order chi connectivity index (χ0) is 20.6. The van der Waals surface area contributed by atoms with Crippen molar-refractivity contribution in [2.24, 2.45) is 0 Å². The first-order valence-corrected chi connectivity index (χ1v) is 9.09. The summed E-state index contributed by atoms with van der Waals surface area (Å²) in [5.74, 6) is -2.76. The molecule has 1 aliphatic rings. The minimum atomic E-state index is -1.19. The Bertz CT molecular complexity index is 962. The van der Waals surface area contributed by atoms with Gasteiger partial charge in [0.1, 0.15) is 23.0 Å². The highest BCUT2D eigenvalue weighted by molar-refractivity contribution is 6.30. The number of aliphatic hydroxyl groups excluding tert-OH is 1. The second kappa shape index (κ2) is 7.52. The van der Waals surface area contributed by atoms with Crippen molar-refractivity contribution < 1.29 is 34.8 Å². The Balaban J connectivity index is 2.14. The van der Waals surface area contributed by atoms with E-state index in [0.717, 1.165) is 18.9 Å². The van der Waals surface area contributed by atoms with E-state index in [1.807, 2.05) is 6.92 Å². The number of ketones is 2. The van der Waals surface area contributed by atoms with E-state index < -0.39 is 34.9 Å². The number of carbonyl (C=O) groups is 2. The van der Waals surface area contributed by atoms with Crippen LogP contribution >= 0.6 is 0 Å². The number of hydrogen-bond donors (Lipinski definition) is 4. The summed E-state index contributed by atoms with van der Waals surface area (Å²) in [6.45, 7) is 2.00. The summed E-state index contributed by atoms with van der Waals surface area (Å²) in [5, 5.41) is 41.6. The van der Waals surface area contributed by atoms with Crippen molar-refractivity contribution in [2.75, 3.05) is 7.11 Å². The molecule has 0 aromatic heterocycles. The van der Waals surface area contributed by atoms with Crippen molar-refractivity contribution in [3.8, 4) is 23.0 Å². The van der Waals surface area contributed by atoms with Crippen molar-refractivity contribution in [1.29, 1.82) is 0 Å². The van der Waals surface area contributed by atoms with Crippen LogP contribution in [0.4, 0.5) is 0 Å². The topological polar surface area (TPSA) is 124 Å². The first-order chi connectivity index (χ1) is 13.3. The summed E-state index contributed by atoms with van der Waals surface area (Å²) in [7, 11) is 1.36. The van der Waals surface area contributed by atoms with Gasteiger partial charge in [0.2, 0.25) is 5.78 Å². The number of phenols is 3. The second-order valence-corrected chi connectivity index (χ2v) is 6.82. The van der Waals surface area contributed by atoms with Gasteiger partial charge in [0.15, 0.2) is 5.78 Å². The molecule has 1 atom stereocenters. The molecule has 28 heavy (non-hydrogen) atoms. The van der Waals surface area contributed by atoms with E-state index in [9.17, 15) is 30.0 Å². The van der Waals surface area contributed by atoms with Gasteiger partial charge >= 0.3 is 0 Å². The number of hydrogen-bond acceptors (Lipinski definition) is 7. The molecular weight excluding hydrogens is 364 g/mol. The average molecular weight is 386 g/mol. The molecule has 148 valence electrons. The summed E-state index contributed by atoms with van der Waals surface area (Å²) in [4.78, 5) is 25.8. The lowest BCUT2D eigenvalue weighted by Crippen LogP contribution is -2.22. The van der Waals surface area contributed by atoms with E-state index in [4.69, 9.17) is 4.74 Å². The van der Waals surface area contributed by atoms with Crippen LogP contribution in [-0.2, 0) is 0 Å². The molecule has 0 saturated carbocycles. The van der Waals surface area contributed by atoms with E-state index in [1.165, 1.54) is 19.2 Å². The highest BCUT2D eigenvalue weighted by atomic mass is 16.5. The van der Waals surface area contributed by atoms with Gasteiger partial charge in [0, 0.05) is 17.2 Å². The first kappa shape index (κ1) is 19.7. The van der Waals surface area contributed by atoms with Crippen molar-refractivity contribution in [1.82, 2.24) is 0 Å². The number of unbranched alkanes of at least 4 members (excludes halogenated alkanes) is 2. The standard InChI is InChI=1S/C21H22O7/c1-3-4-5-6-13(22)18-15(24)9-12-17(21(18)27)20(26)16-11(19(12)25)7-10(28-2)8-14(16)23/h7-9,13,22-24,27H,3-6H2,1-2H3/t13-/m0/s1. The molecule has 1 aliphatic carbocycles. The second-order valence-electron chi connectivity index (χ2n) is 6.82. The van der Waals surface area contributed by atoms with Gasteiger partial charge in [-0.25, -0.2) is 0 Å². The summed E-state index contributed by atoms with van der Waals surface area (Å²) in [6.07, 6.45) is 1.56.